The van der Waals surface area contributed by atoms with Crippen LogP contribution in [0, 0.1) is 0 Å². The molecule has 0 saturated carbocycles. The predicted molar refractivity (Wildman–Crippen MR) is 82.5 cm³/mol. The van der Waals surface area contributed by atoms with Crippen LogP contribution in [-0.2, 0) is 25.8 Å². The summed E-state index contributed by atoms with van der Waals surface area (Å²) in [5.74, 6) is 0.965. The third-order valence-corrected chi connectivity index (χ3v) is 4.70. The smallest absolute Gasteiger partial charge is 0.119 e. The number of nitrogens with one attached hydrogen (secondary N) is 1. The predicted octanol–water partition coefficient (Wildman–Crippen LogP) is 2.97. The number of thiazole rings is 1. The van der Waals surface area contributed by atoms with Crippen molar-refractivity contribution in [2.24, 2.45) is 0 Å². The van der Waals surface area contributed by atoms with Crippen molar-refractivity contribution in [1.82, 2.24) is 10.3 Å². The number of rotatable bonds is 5. The minimum atomic E-state index is 0.701. The average molecular weight is 288 g/mol. The van der Waals surface area contributed by atoms with E-state index in [0.717, 1.165) is 38.1 Å². The molecule has 0 bridgehead atoms. The van der Waals surface area contributed by atoms with E-state index in [9.17, 15) is 0 Å². The summed E-state index contributed by atoms with van der Waals surface area (Å²) in [6, 6.07) is 8.34. The van der Waals surface area contributed by atoms with Gasteiger partial charge in [0, 0.05) is 30.8 Å². The van der Waals surface area contributed by atoms with Gasteiger partial charge in [-0.25, -0.2) is 4.98 Å². The van der Waals surface area contributed by atoms with Crippen LogP contribution in [0.2, 0.25) is 0 Å². The molecule has 0 amide bonds. The van der Waals surface area contributed by atoms with E-state index in [-0.39, 0.29) is 0 Å². The molecule has 1 aromatic heterocycles. The van der Waals surface area contributed by atoms with E-state index in [1.54, 1.807) is 0 Å². The van der Waals surface area contributed by atoms with E-state index in [1.165, 1.54) is 21.1 Å². The molecule has 3 rings (SSSR count). The van der Waals surface area contributed by atoms with Crippen LogP contribution < -0.4 is 10.1 Å². The fourth-order valence-electron chi connectivity index (χ4n) is 2.40. The Balaban J connectivity index is 1.55. The third kappa shape index (κ3) is 3.19. The lowest BCUT2D eigenvalue weighted by molar-refractivity contribution is 0.321. The zero-order valence-corrected chi connectivity index (χ0v) is 12.6. The topological polar surface area (TPSA) is 34.1 Å². The lowest BCUT2D eigenvalue weighted by Crippen LogP contribution is -2.22. The minimum Gasteiger partial charge on any atom is -0.493 e. The summed E-state index contributed by atoms with van der Waals surface area (Å²) >= 11 is 1.82. The number of benzene rings is 1. The van der Waals surface area contributed by atoms with Crippen molar-refractivity contribution in [2.45, 2.75) is 32.7 Å². The molecule has 0 radical (unpaired) electrons. The van der Waals surface area contributed by atoms with Crippen LogP contribution in [0.4, 0.5) is 0 Å². The minimum absolute atomic E-state index is 0.701. The van der Waals surface area contributed by atoms with Crippen molar-refractivity contribution in [3.63, 3.8) is 0 Å². The van der Waals surface area contributed by atoms with Crippen LogP contribution in [0.5, 0.6) is 5.75 Å². The molecule has 0 unspecified atom stereocenters. The van der Waals surface area contributed by atoms with Crippen LogP contribution in [0.15, 0.2) is 24.3 Å². The van der Waals surface area contributed by atoms with E-state index in [2.05, 4.69) is 30.4 Å². The Labute approximate surface area is 124 Å². The molecule has 1 N–H and O–H groups in total. The van der Waals surface area contributed by atoms with Crippen LogP contribution in [0.25, 0.3) is 0 Å². The van der Waals surface area contributed by atoms with Gasteiger partial charge in [0.2, 0.25) is 0 Å². The van der Waals surface area contributed by atoms with Crippen LogP contribution >= 0.6 is 11.3 Å². The average Bonchev–Trinajstić information content (AvgIpc) is 2.90. The van der Waals surface area contributed by atoms with Crippen molar-refractivity contribution < 1.29 is 4.74 Å². The van der Waals surface area contributed by atoms with Gasteiger partial charge in [-0.1, -0.05) is 19.1 Å². The van der Waals surface area contributed by atoms with Gasteiger partial charge in [0.05, 0.1) is 17.3 Å². The van der Waals surface area contributed by atoms with Crippen LogP contribution in [0.3, 0.4) is 0 Å². The SMILES string of the molecule is CCc1cccc(OCCc2nc3c(s2)CNCC3)c1. The zero-order chi connectivity index (χ0) is 13.8. The molecule has 2 heterocycles. The number of aryl methyl sites for hydroxylation is 1. The summed E-state index contributed by atoms with van der Waals surface area (Å²) in [5, 5.41) is 4.59. The number of ether oxygens (including phenoxy) is 1. The Bertz CT molecular complexity index is 556. The summed E-state index contributed by atoms with van der Waals surface area (Å²) in [6.45, 7) is 4.89. The first-order valence-electron chi connectivity index (χ1n) is 7.25. The van der Waals surface area contributed by atoms with E-state index in [1.807, 2.05) is 17.4 Å². The monoisotopic (exact) mass is 288 g/mol. The molecule has 0 spiro atoms. The van der Waals surface area contributed by atoms with Crippen molar-refractivity contribution in [1.29, 1.82) is 0 Å². The third-order valence-electron chi connectivity index (χ3n) is 3.54. The first-order valence-corrected chi connectivity index (χ1v) is 8.06. The Morgan fingerprint density at radius 1 is 1.40 bits per heavy atom. The highest BCUT2D eigenvalue weighted by atomic mass is 32.1. The summed E-state index contributed by atoms with van der Waals surface area (Å²) in [4.78, 5) is 6.12. The standard InChI is InChI=1S/C16H20N2OS/c1-2-12-4-3-5-13(10-12)19-9-7-16-18-14-6-8-17-11-15(14)20-16/h3-5,10,17H,2,6-9,11H2,1H3. The molecular weight excluding hydrogens is 268 g/mol. The normalized spacial score (nSPS) is 14.1. The molecule has 0 atom stereocenters. The molecule has 1 aliphatic rings. The van der Waals surface area contributed by atoms with Gasteiger partial charge in [-0.05, 0) is 24.1 Å². The first kappa shape index (κ1) is 13.6. The second-order valence-corrected chi connectivity index (χ2v) is 6.17. The largest absolute Gasteiger partial charge is 0.493 e. The molecule has 20 heavy (non-hydrogen) atoms. The Morgan fingerprint density at radius 2 is 2.35 bits per heavy atom. The Morgan fingerprint density at radius 3 is 3.20 bits per heavy atom. The highest BCUT2D eigenvalue weighted by molar-refractivity contribution is 7.11. The lowest BCUT2D eigenvalue weighted by atomic mass is 10.2. The van der Waals surface area contributed by atoms with Crippen LogP contribution in [0.1, 0.15) is 28.1 Å². The molecule has 106 valence electrons. The first-order chi connectivity index (χ1) is 9.85. The van der Waals surface area contributed by atoms with E-state index >= 15 is 0 Å². The van der Waals surface area contributed by atoms with Gasteiger partial charge in [0.15, 0.2) is 0 Å². The zero-order valence-electron chi connectivity index (χ0n) is 11.8. The number of aromatic nitrogens is 1. The van der Waals surface area contributed by atoms with Gasteiger partial charge in [-0.2, -0.15) is 0 Å². The highest BCUT2D eigenvalue weighted by Gasteiger charge is 2.14. The summed E-state index contributed by atoms with van der Waals surface area (Å²) in [7, 11) is 0. The van der Waals surface area contributed by atoms with Gasteiger partial charge in [0.1, 0.15) is 5.75 Å². The van der Waals surface area contributed by atoms with Gasteiger partial charge < -0.3 is 10.1 Å². The van der Waals surface area contributed by atoms with Crippen molar-refractivity contribution in [2.75, 3.05) is 13.2 Å². The summed E-state index contributed by atoms with van der Waals surface area (Å²) in [6.07, 6.45) is 3.00. The van der Waals surface area contributed by atoms with Crippen molar-refractivity contribution in [3.05, 3.63) is 45.4 Å². The molecule has 3 nitrogen and oxygen atoms in total. The number of fused-ring (bicyclic) bond motifs is 1. The Kier molecular flexibility index (Phi) is 4.33. The highest BCUT2D eigenvalue weighted by Crippen LogP contribution is 2.22. The number of hydrogen-bond acceptors (Lipinski definition) is 4. The van der Waals surface area contributed by atoms with Crippen molar-refractivity contribution >= 4 is 11.3 Å². The second kappa shape index (κ2) is 6.37. The molecule has 4 heteroatoms. The molecule has 1 aromatic carbocycles. The molecule has 0 saturated heterocycles. The van der Waals surface area contributed by atoms with E-state index in [4.69, 9.17) is 9.72 Å². The van der Waals surface area contributed by atoms with Gasteiger partial charge >= 0.3 is 0 Å². The fraction of sp³-hybridized carbons (Fsp3) is 0.438. The lowest BCUT2D eigenvalue weighted by Gasteiger charge is -2.09. The van der Waals surface area contributed by atoms with Crippen molar-refractivity contribution in [3.8, 4) is 5.75 Å². The maximum atomic E-state index is 5.84. The van der Waals surface area contributed by atoms with E-state index < -0.39 is 0 Å². The second-order valence-electron chi connectivity index (χ2n) is 5.00. The molecule has 2 aromatic rings. The van der Waals surface area contributed by atoms with E-state index in [0.29, 0.717) is 6.61 Å². The molecular formula is C16H20N2OS. The molecule has 0 fully saturated rings. The van der Waals surface area contributed by atoms with Gasteiger partial charge in [-0.15, -0.1) is 11.3 Å². The van der Waals surface area contributed by atoms with Gasteiger partial charge in [-0.3, -0.25) is 0 Å². The molecule has 0 aliphatic carbocycles. The molecule has 1 aliphatic heterocycles. The maximum Gasteiger partial charge on any atom is 0.119 e. The van der Waals surface area contributed by atoms with Gasteiger partial charge in [0.25, 0.3) is 0 Å². The summed E-state index contributed by atoms with van der Waals surface area (Å²) in [5.41, 5.74) is 2.61. The number of hydrogen-bond donors (Lipinski definition) is 1. The Hall–Kier alpha value is -1.39. The fourth-order valence-corrected chi connectivity index (χ4v) is 3.46. The number of nitrogens with zero attached hydrogens (tertiary/aromatic N) is 1. The van der Waals surface area contributed by atoms with Crippen LogP contribution in [-0.4, -0.2) is 18.1 Å². The maximum absolute atomic E-state index is 5.84. The summed E-state index contributed by atoms with van der Waals surface area (Å²) < 4.78 is 5.84. The quantitative estimate of drug-likeness (QED) is 0.918.